The number of hydrogen-bond acceptors (Lipinski definition) is 2. The molecule has 4 aliphatic carbocycles. The first-order valence-electron chi connectivity index (χ1n) is 8.07. The van der Waals surface area contributed by atoms with Crippen molar-refractivity contribution in [2.24, 2.45) is 23.7 Å². The van der Waals surface area contributed by atoms with Crippen molar-refractivity contribution in [1.82, 2.24) is 5.06 Å². The molecule has 1 saturated heterocycles. The Labute approximate surface area is 115 Å². The van der Waals surface area contributed by atoms with Gasteiger partial charge in [0.2, 0.25) is 0 Å². The van der Waals surface area contributed by atoms with E-state index in [4.69, 9.17) is 0 Å². The number of nitrogens with zero attached hydrogens (tertiary/aromatic N) is 1. The summed E-state index contributed by atoms with van der Waals surface area (Å²) >= 11 is 0. The molecule has 0 aromatic carbocycles. The third-order valence-electron chi connectivity index (χ3n) is 6.78. The van der Waals surface area contributed by atoms with Crippen molar-refractivity contribution in [3.05, 3.63) is 0 Å². The Hall–Kier alpha value is -0.120. The Morgan fingerprint density at radius 3 is 2.00 bits per heavy atom. The second kappa shape index (κ2) is 3.75. The molecule has 1 spiro atoms. The van der Waals surface area contributed by atoms with E-state index in [1.807, 2.05) is 13.8 Å². The zero-order valence-corrected chi connectivity index (χ0v) is 12.1. The van der Waals surface area contributed by atoms with Gasteiger partial charge in [-0.15, -0.1) is 10.3 Å². The van der Waals surface area contributed by atoms with Crippen LogP contribution in [0.1, 0.15) is 58.8 Å². The van der Waals surface area contributed by atoms with Crippen LogP contribution in [0.5, 0.6) is 0 Å². The minimum atomic E-state index is -0.396. The van der Waals surface area contributed by atoms with Crippen molar-refractivity contribution < 1.29 is 10.3 Å². The summed E-state index contributed by atoms with van der Waals surface area (Å²) in [6.45, 7) is 4.05. The van der Waals surface area contributed by atoms with E-state index in [0.717, 1.165) is 18.3 Å². The van der Waals surface area contributed by atoms with E-state index in [0.29, 0.717) is 18.3 Å². The SMILES string of the molecule is CC1(C)CC(O)CC2(C3CC4CC(C3)CC2C4)N1[O]. The Morgan fingerprint density at radius 2 is 1.47 bits per heavy atom. The van der Waals surface area contributed by atoms with Gasteiger partial charge in [0.25, 0.3) is 0 Å². The van der Waals surface area contributed by atoms with Crippen LogP contribution in [0.4, 0.5) is 0 Å². The standard InChI is InChI=1S/C16H26NO2/c1-15(2)8-14(18)9-16(17(15)19)12-4-10-3-11(6-12)7-13(16)5-10/h10-14,18H,3-9H2,1-2H3. The Kier molecular flexibility index (Phi) is 2.49. The van der Waals surface area contributed by atoms with E-state index in [-0.39, 0.29) is 11.6 Å². The summed E-state index contributed by atoms with van der Waals surface area (Å²) in [5, 5.41) is 24.9. The fourth-order valence-electron chi connectivity index (χ4n) is 6.42. The monoisotopic (exact) mass is 264 g/mol. The summed E-state index contributed by atoms with van der Waals surface area (Å²) < 4.78 is 0. The summed E-state index contributed by atoms with van der Waals surface area (Å²) in [4.78, 5) is 0. The molecule has 3 heteroatoms. The average molecular weight is 264 g/mol. The molecule has 1 radical (unpaired) electrons. The van der Waals surface area contributed by atoms with E-state index in [1.165, 1.54) is 37.2 Å². The lowest BCUT2D eigenvalue weighted by atomic mass is 9.46. The van der Waals surface area contributed by atoms with Crippen molar-refractivity contribution in [1.29, 1.82) is 0 Å². The third-order valence-corrected chi connectivity index (χ3v) is 6.78. The normalized spacial score (nSPS) is 55.9. The third kappa shape index (κ3) is 1.55. The maximum absolute atomic E-state index is 13.1. The molecule has 1 unspecified atom stereocenters. The molecule has 5 aliphatic rings. The summed E-state index contributed by atoms with van der Waals surface area (Å²) in [5.41, 5.74) is -0.623. The molecule has 19 heavy (non-hydrogen) atoms. The first kappa shape index (κ1) is 12.6. The molecule has 1 N–H and O–H groups in total. The zero-order valence-electron chi connectivity index (χ0n) is 12.1. The maximum Gasteiger partial charge on any atom is 0.0580 e. The molecule has 4 bridgehead atoms. The number of rotatable bonds is 0. The van der Waals surface area contributed by atoms with Gasteiger partial charge in [-0.1, -0.05) is 0 Å². The van der Waals surface area contributed by atoms with Crippen molar-refractivity contribution in [2.75, 3.05) is 0 Å². The van der Waals surface area contributed by atoms with Crippen LogP contribution in [0.25, 0.3) is 0 Å². The van der Waals surface area contributed by atoms with Crippen LogP contribution >= 0.6 is 0 Å². The molecule has 3 nitrogen and oxygen atoms in total. The average Bonchev–Trinajstić information content (AvgIpc) is 2.30. The van der Waals surface area contributed by atoms with Crippen molar-refractivity contribution >= 4 is 0 Å². The maximum atomic E-state index is 13.1. The first-order chi connectivity index (χ1) is 8.92. The quantitative estimate of drug-likeness (QED) is 0.731. The van der Waals surface area contributed by atoms with Gasteiger partial charge >= 0.3 is 0 Å². The lowest BCUT2D eigenvalue weighted by Crippen LogP contribution is -2.72. The highest BCUT2D eigenvalue weighted by Crippen LogP contribution is 2.63. The van der Waals surface area contributed by atoms with Crippen LogP contribution in [-0.2, 0) is 5.21 Å². The first-order valence-corrected chi connectivity index (χ1v) is 8.07. The van der Waals surface area contributed by atoms with Gasteiger partial charge in [-0.25, -0.2) is 0 Å². The van der Waals surface area contributed by atoms with E-state index in [2.05, 4.69) is 0 Å². The second-order valence-corrected chi connectivity index (χ2v) is 8.46. The molecule has 107 valence electrons. The van der Waals surface area contributed by atoms with E-state index in [1.54, 1.807) is 0 Å². The summed E-state index contributed by atoms with van der Waals surface area (Å²) in [6.07, 6.45) is 7.47. The number of piperidine rings is 1. The molecular formula is C16H26NO2. The predicted molar refractivity (Wildman–Crippen MR) is 71.6 cm³/mol. The molecule has 4 saturated carbocycles. The molecule has 1 atom stereocenters. The van der Waals surface area contributed by atoms with Gasteiger partial charge in [0.05, 0.1) is 11.6 Å². The van der Waals surface area contributed by atoms with Crippen LogP contribution in [-0.4, -0.2) is 27.4 Å². The van der Waals surface area contributed by atoms with Crippen LogP contribution in [0.15, 0.2) is 0 Å². The second-order valence-electron chi connectivity index (χ2n) is 8.46. The van der Waals surface area contributed by atoms with Gasteiger partial charge in [0.15, 0.2) is 0 Å². The highest BCUT2D eigenvalue weighted by atomic mass is 16.5. The summed E-state index contributed by atoms with van der Waals surface area (Å²) in [6, 6.07) is 0. The summed E-state index contributed by atoms with van der Waals surface area (Å²) in [7, 11) is 0. The van der Waals surface area contributed by atoms with Crippen LogP contribution in [0.2, 0.25) is 0 Å². The Morgan fingerprint density at radius 1 is 0.947 bits per heavy atom. The van der Waals surface area contributed by atoms with Crippen molar-refractivity contribution in [3.63, 3.8) is 0 Å². The molecule has 1 aliphatic heterocycles. The van der Waals surface area contributed by atoms with E-state index < -0.39 is 5.54 Å². The molecule has 0 aromatic rings. The smallest absolute Gasteiger partial charge is 0.0580 e. The largest absolute Gasteiger partial charge is 0.393 e. The number of hydroxylamine groups is 2. The molecule has 0 aromatic heterocycles. The van der Waals surface area contributed by atoms with E-state index >= 15 is 0 Å². The Balaban J connectivity index is 1.75. The van der Waals surface area contributed by atoms with Crippen LogP contribution < -0.4 is 0 Å². The lowest BCUT2D eigenvalue weighted by molar-refractivity contribution is -0.353. The lowest BCUT2D eigenvalue weighted by Gasteiger charge is -2.66. The minimum Gasteiger partial charge on any atom is -0.393 e. The van der Waals surface area contributed by atoms with Crippen LogP contribution in [0, 0.1) is 23.7 Å². The van der Waals surface area contributed by atoms with Gasteiger partial charge in [-0.2, -0.15) is 0 Å². The highest BCUT2D eigenvalue weighted by molar-refractivity contribution is 5.15. The van der Waals surface area contributed by atoms with Crippen LogP contribution in [0.3, 0.4) is 0 Å². The molecule has 0 amide bonds. The highest BCUT2D eigenvalue weighted by Gasteiger charge is 2.64. The number of hydrogen-bond donors (Lipinski definition) is 1. The molecular weight excluding hydrogens is 238 g/mol. The molecule has 5 rings (SSSR count). The zero-order chi connectivity index (χ0) is 13.4. The van der Waals surface area contributed by atoms with Gasteiger partial charge in [-0.05, 0) is 82.5 Å². The minimum absolute atomic E-state index is 0.228. The van der Waals surface area contributed by atoms with Gasteiger partial charge in [0.1, 0.15) is 0 Å². The van der Waals surface area contributed by atoms with Gasteiger partial charge < -0.3 is 5.11 Å². The predicted octanol–water partition coefficient (Wildman–Crippen LogP) is 2.76. The molecule has 5 fully saturated rings. The topological polar surface area (TPSA) is 43.4 Å². The van der Waals surface area contributed by atoms with E-state index in [9.17, 15) is 10.3 Å². The number of aliphatic hydroxyl groups is 1. The van der Waals surface area contributed by atoms with Crippen molar-refractivity contribution in [3.8, 4) is 0 Å². The molecule has 1 heterocycles. The van der Waals surface area contributed by atoms with Crippen molar-refractivity contribution in [2.45, 2.75) is 76.0 Å². The van der Waals surface area contributed by atoms with Gasteiger partial charge in [0, 0.05) is 5.54 Å². The number of aliphatic hydroxyl groups excluding tert-OH is 1. The Bertz CT molecular complexity index is 364. The fourth-order valence-corrected chi connectivity index (χ4v) is 6.42. The summed E-state index contributed by atoms with van der Waals surface area (Å²) in [5.74, 6) is 2.86. The van der Waals surface area contributed by atoms with Gasteiger partial charge in [-0.3, -0.25) is 0 Å². The fraction of sp³-hybridized carbons (Fsp3) is 1.00.